The van der Waals surface area contributed by atoms with Gasteiger partial charge in [0.15, 0.2) is 5.84 Å². The number of carbonyl (C=O) groups is 1. The Labute approximate surface area is 174 Å². The topological polar surface area (TPSA) is 81.4 Å². The first-order valence-electron chi connectivity index (χ1n) is 8.12. The third kappa shape index (κ3) is 4.88. The molecule has 0 aliphatic carbocycles. The molecule has 7 nitrogen and oxygen atoms in total. The van der Waals surface area contributed by atoms with Gasteiger partial charge in [-0.2, -0.15) is 0 Å². The fourth-order valence-corrected chi connectivity index (χ4v) is 3.35. The molecule has 0 radical (unpaired) electrons. The highest BCUT2D eigenvalue weighted by atomic mass is 79.9. The Morgan fingerprint density at radius 1 is 1.41 bits per heavy atom. The summed E-state index contributed by atoms with van der Waals surface area (Å²) in [5.41, 5.74) is 1.72. The number of carbonyl (C=O) groups excluding carboxylic acids is 1. The van der Waals surface area contributed by atoms with E-state index in [4.69, 9.17) is 27.9 Å². The number of ether oxygens (including phenoxy) is 1. The molecule has 1 N–H and O–H groups in total. The van der Waals surface area contributed by atoms with E-state index in [1.807, 2.05) is 12.1 Å². The van der Waals surface area contributed by atoms with Crippen LogP contribution in [0.4, 0.5) is 0 Å². The van der Waals surface area contributed by atoms with Gasteiger partial charge < -0.3 is 10.1 Å². The van der Waals surface area contributed by atoms with Crippen LogP contribution in [0.5, 0.6) is 0 Å². The van der Waals surface area contributed by atoms with Gasteiger partial charge in [-0.05, 0) is 30.7 Å². The highest BCUT2D eigenvalue weighted by molar-refractivity contribution is 9.09. The highest BCUT2D eigenvalue weighted by Gasteiger charge is 2.22. The molecule has 27 heavy (non-hydrogen) atoms. The number of nitrogens with zero attached hydrogens (tertiary/aromatic N) is 4. The molecule has 0 saturated heterocycles. The van der Waals surface area contributed by atoms with Gasteiger partial charge in [-0.25, -0.2) is 9.67 Å². The maximum absolute atomic E-state index is 11.6. The summed E-state index contributed by atoms with van der Waals surface area (Å²) in [5.74, 6) is 0.492. The molecular weight excluding hydrogens is 457 g/mol. The number of aliphatic imine (C=N–C) groups is 1. The van der Waals surface area contributed by atoms with Gasteiger partial charge in [0.1, 0.15) is 12.9 Å². The molecule has 10 heteroatoms. The quantitative estimate of drug-likeness (QED) is 0.513. The summed E-state index contributed by atoms with van der Waals surface area (Å²) in [6.45, 7) is 2.06. The number of hydrogen-bond acceptors (Lipinski definition) is 6. The summed E-state index contributed by atoms with van der Waals surface area (Å²) in [4.78, 5) is 20.5. The average Bonchev–Trinajstić information content (AvgIpc) is 3.10. The molecular formula is C17H16BrCl2N5O2. The Balaban J connectivity index is 1.87. The minimum atomic E-state index is -0.376. The zero-order chi connectivity index (χ0) is 19.4. The molecule has 1 atom stereocenters. The summed E-state index contributed by atoms with van der Waals surface area (Å²) >= 11 is 15.8. The van der Waals surface area contributed by atoms with Crippen LogP contribution in [-0.4, -0.2) is 38.5 Å². The van der Waals surface area contributed by atoms with Crippen LogP contribution in [0.3, 0.4) is 0 Å². The summed E-state index contributed by atoms with van der Waals surface area (Å²) in [7, 11) is 0. The second-order valence-corrected chi connectivity index (χ2v) is 7.01. The molecule has 2 aromatic rings. The van der Waals surface area contributed by atoms with Gasteiger partial charge in [0.2, 0.25) is 5.82 Å². The molecule has 0 amide bonds. The Morgan fingerprint density at radius 2 is 2.22 bits per heavy atom. The van der Waals surface area contributed by atoms with Crippen LogP contribution in [0.15, 0.2) is 41.3 Å². The minimum Gasteiger partial charge on any atom is -0.465 e. The number of aromatic nitrogens is 3. The number of amidine groups is 1. The predicted molar refractivity (Wildman–Crippen MR) is 107 cm³/mol. The van der Waals surface area contributed by atoms with Crippen LogP contribution in [0.2, 0.25) is 10.0 Å². The molecule has 1 unspecified atom stereocenters. The molecule has 1 aliphatic rings. The van der Waals surface area contributed by atoms with Crippen molar-refractivity contribution in [1.82, 2.24) is 20.1 Å². The lowest BCUT2D eigenvalue weighted by Gasteiger charge is -2.21. The zero-order valence-corrected chi connectivity index (χ0v) is 17.4. The lowest BCUT2D eigenvalue weighted by Crippen LogP contribution is -2.30. The van der Waals surface area contributed by atoms with Crippen molar-refractivity contribution in [3.63, 3.8) is 0 Å². The fourth-order valence-electron chi connectivity index (χ4n) is 2.50. The first-order chi connectivity index (χ1) is 13.0. The molecule has 0 fully saturated rings. The van der Waals surface area contributed by atoms with E-state index in [-0.39, 0.29) is 18.6 Å². The van der Waals surface area contributed by atoms with Gasteiger partial charge in [0, 0.05) is 21.1 Å². The number of hydrogen-bond donors (Lipinski definition) is 1. The Morgan fingerprint density at radius 3 is 2.93 bits per heavy atom. The average molecular weight is 473 g/mol. The monoisotopic (exact) mass is 471 g/mol. The van der Waals surface area contributed by atoms with Crippen LogP contribution < -0.4 is 5.32 Å². The number of benzene rings is 1. The Kier molecular flexibility index (Phi) is 6.51. The fraction of sp³-hybridized carbons (Fsp3) is 0.294. The Hall–Kier alpha value is -1.90. The summed E-state index contributed by atoms with van der Waals surface area (Å²) < 4.78 is 6.33. The molecule has 0 spiro atoms. The van der Waals surface area contributed by atoms with Gasteiger partial charge in [-0.1, -0.05) is 45.2 Å². The Bertz CT molecular complexity index is 912. The van der Waals surface area contributed by atoms with E-state index < -0.39 is 0 Å². The van der Waals surface area contributed by atoms with Crippen LogP contribution in [-0.2, 0) is 16.1 Å². The lowest BCUT2D eigenvalue weighted by molar-refractivity contribution is -0.144. The number of halogens is 3. The highest BCUT2D eigenvalue weighted by Crippen LogP contribution is 2.31. The third-order valence-electron chi connectivity index (χ3n) is 3.68. The maximum Gasteiger partial charge on any atom is 0.327 e. The van der Waals surface area contributed by atoms with Crippen LogP contribution in [0.1, 0.15) is 24.4 Å². The SMILES string of the molecule is CCOC(=O)Cn1cnc(C2=NC(c3ccc(Cl)cc3Cl)C=C(CBr)N2)n1. The smallest absolute Gasteiger partial charge is 0.327 e. The van der Waals surface area contributed by atoms with Crippen molar-refractivity contribution in [2.45, 2.75) is 19.5 Å². The van der Waals surface area contributed by atoms with Crippen LogP contribution >= 0.6 is 39.1 Å². The molecule has 1 aromatic carbocycles. The zero-order valence-electron chi connectivity index (χ0n) is 14.3. The van der Waals surface area contributed by atoms with Crippen molar-refractivity contribution < 1.29 is 9.53 Å². The van der Waals surface area contributed by atoms with E-state index in [0.717, 1.165) is 11.3 Å². The number of alkyl halides is 1. The van der Waals surface area contributed by atoms with Gasteiger partial charge in [0.05, 0.1) is 12.6 Å². The normalized spacial score (nSPS) is 16.4. The first-order valence-corrected chi connectivity index (χ1v) is 9.99. The molecule has 3 rings (SSSR count). The summed E-state index contributed by atoms with van der Waals surface area (Å²) in [6, 6.07) is 4.99. The third-order valence-corrected chi connectivity index (χ3v) is 4.84. The van der Waals surface area contributed by atoms with Crippen molar-refractivity contribution in [2.24, 2.45) is 4.99 Å². The number of esters is 1. The molecule has 1 aliphatic heterocycles. The van der Waals surface area contributed by atoms with Crippen molar-refractivity contribution in [3.05, 3.63) is 57.7 Å². The number of nitrogens with one attached hydrogen (secondary N) is 1. The second kappa shape index (κ2) is 8.86. The molecule has 1 aromatic heterocycles. The van der Waals surface area contributed by atoms with Crippen molar-refractivity contribution in [3.8, 4) is 0 Å². The van der Waals surface area contributed by atoms with Gasteiger partial charge >= 0.3 is 5.97 Å². The predicted octanol–water partition coefficient (Wildman–Crippen LogP) is 3.52. The number of allylic oxidation sites excluding steroid dienone is 1. The van der Waals surface area contributed by atoms with Gasteiger partial charge in [-0.15, -0.1) is 5.10 Å². The van der Waals surface area contributed by atoms with E-state index in [1.165, 1.54) is 11.0 Å². The molecule has 0 saturated carbocycles. The van der Waals surface area contributed by atoms with Crippen LogP contribution in [0, 0.1) is 0 Å². The first kappa shape index (κ1) is 19.9. The second-order valence-electron chi connectivity index (χ2n) is 5.61. The maximum atomic E-state index is 11.6. The van der Waals surface area contributed by atoms with Crippen molar-refractivity contribution in [1.29, 1.82) is 0 Å². The van der Waals surface area contributed by atoms with E-state index in [0.29, 0.717) is 33.6 Å². The summed E-state index contributed by atoms with van der Waals surface area (Å²) in [6.07, 6.45) is 3.43. The van der Waals surface area contributed by atoms with Crippen LogP contribution in [0.25, 0.3) is 0 Å². The van der Waals surface area contributed by atoms with E-state index in [2.05, 4.69) is 36.3 Å². The van der Waals surface area contributed by atoms with Crippen molar-refractivity contribution >= 4 is 50.9 Å². The molecule has 2 heterocycles. The number of rotatable bonds is 6. The van der Waals surface area contributed by atoms with Gasteiger partial charge in [0.25, 0.3) is 0 Å². The van der Waals surface area contributed by atoms with E-state index in [9.17, 15) is 4.79 Å². The van der Waals surface area contributed by atoms with Gasteiger partial charge in [-0.3, -0.25) is 9.79 Å². The minimum absolute atomic E-state index is 0.0122. The van der Waals surface area contributed by atoms with E-state index >= 15 is 0 Å². The lowest BCUT2D eigenvalue weighted by atomic mass is 10.0. The van der Waals surface area contributed by atoms with E-state index in [1.54, 1.807) is 19.1 Å². The van der Waals surface area contributed by atoms with Crippen molar-refractivity contribution in [2.75, 3.05) is 11.9 Å². The molecule has 142 valence electrons. The summed E-state index contributed by atoms with van der Waals surface area (Å²) in [5, 5.41) is 9.17. The largest absolute Gasteiger partial charge is 0.465 e. The standard InChI is InChI=1S/C17H16BrCl2N5O2/c1-2-27-15(26)8-25-9-21-16(24-25)17-22-11(7-18)6-14(23-17)12-4-3-10(19)5-13(12)20/h3-6,9,14H,2,7-8H2,1H3,(H,22,23). The molecule has 0 bridgehead atoms.